The molecule has 2 aromatic heterocycles. The number of pyridine rings is 1. The van der Waals surface area contributed by atoms with Crippen LogP contribution < -0.4 is 10.6 Å². The van der Waals surface area contributed by atoms with E-state index in [9.17, 15) is 13.6 Å². The summed E-state index contributed by atoms with van der Waals surface area (Å²) in [4.78, 5) is 22.4. The topological polar surface area (TPSA) is 105 Å². The zero-order chi connectivity index (χ0) is 22.3. The van der Waals surface area contributed by atoms with Gasteiger partial charge in [-0.1, -0.05) is 12.1 Å². The van der Waals surface area contributed by atoms with Gasteiger partial charge in [-0.2, -0.15) is 0 Å². The minimum Gasteiger partial charge on any atom is -0.379 e. The molecule has 0 saturated carbocycles. The van der Waals surface area contributed by atoms with Gasteiger partial charge in [0, 0.05) is 43.5 Å². The molecule has 0 aliphatic carbocycles. The van der Waals surface area contributed by atoms with Crippen molar-refractivity contribution >= 4 is 12.0 Å². The van der Waals surface area contributed by atoms with Gasteiger partial charge in [0.05, 0.1) is 19.4 Å². The molecule has 166 valence electrons. The molecule has 0 spiro atoms. The molecule has 9 nitrogen and oxygen atoms in total. The molecule has 0 atom stereocenters. The number of urea groups is 1. The number of hydrogen-bond donors (Lipinski definition) is 2. The minimum absolute atomic E-state index is 0.0354. The van der Waals surface area contributed by atoms with E-state index in [1.165, 1.54) is 30.5 Å². The monoisotopic (exact) mass is 441 g/mol. The molecular weight excluding hydrogens is 420 g/mol. The first kappa shape index (κ1) is 21.7. The summed E-state index contributed by atoms with van der Waals surface area (Å²) in [7, 11) is 0. The Balaban J connectivity index is 1.53. The van der Waals surface area contributed by atoms with Gasteiger partial charge in [-0.25, -0.2) is 18.6 Å². The molecule has 3 heterocycles. The smallest absolute Gasteiger partial charge is 0.321 e. The average molecular weight is 441 g/mol. The van der Waals surface area contributed by atoms with Gasteiger partial charge in [0.25, 0.3) is 5.95 Å². The zero-order valence-electron chi connectivity index (χ0n) is 17.1. The standard InChI is InChI=1S/C21H21F2N7O2/c22-16-4-2-1-3-14(16)18-19(15-5-6-24-13-17(15)23)28-29-20(26-18)27-21(31)25-7-8-30-9-11-32-12-10-30/h1-6,13H,7-12H2,(H2,25,26,27,29,31). The fourth-order valence-electron chi connectivity index (χ4n) is 3.27. The predicted molar refractivity (Wildman–Crippen MR) is 113 cm³/mol. The maximum Gasteiger partial charge on any atom is 0.321 e. The van der Waals surface area contributed by atoms with Crippen LogP contribution in [0.25, 0.3) is 22.5 Å². The van der Waals surface area contributed by atoms with E-state index in [0.29, 0.717) is 26.3 Å². The number of hydrogen-bond acceptors (Lipinski definition) is 7. The number of nitrogens with one attached hydrogen (secondary N) is 2. The van der Waals surface area contributed by atoms with E-state index in [1.807, 2.05) is 0 Å². The molecular formula is C21H21F2N7O2. The Bertz CT molecular complexity index is 1090. The van der Waals surface area contributed by atoms with Crippen LogP contribution in [0.1, 0.15) is 0 Å². The number of carbonyl (C=O) groups is 1. The lowest BCUT2D eigenvalue weighted by Gasteiger charge is -2.26. The fraction of sp³-hybridized carbons (Fsp3) is 0.286. The van der Waals surface area contributed by atoms with Crippen LogP contribution in [-0.2, 0) is 4.74 Å². The number of nitrogens with zero attached hydrogens (tertiary/aromatic N) is 5. The molecule has 4 rings (SSSR count). The molecule has 11 heteroatoms. The molecule has 32 heavy (non-hydrogen) atoms. The van der Waals surface area contributed by atoms with Crippen LogP contribution in [0.15, 0.2) is 42.7 Å². The lowest BCUT2D eigenvalue weighted by molar-refractivity contribution is 0.0388. The molecule has 0 unspecified atom stereocenters. The third-order valence-electron chi connectivity index (χ3n) is 4.89. The van der Waals surface area contributed by atoms with Gasteiger partial charge >= 0.3 is 6.03 Å². The highest BCUT2D eigenvalue weighted by Gasteiger charge is 2.20. The first-order valence-corrected chi connectivity index (χ1v) is 10.1. The Kier molecular flexibility index (Phi) is 6.87. The molecule has 0 bridgehead atoms. The van der Waals surface area contributed by atoms with Crippen molar-refractivity contribution in [1.82, 2.24) is 30.4 Å². The van der Waals surface area contributed by atoms with Crippen LogP contribution in [-0.4, -0.2) is 70.5 Å². The first-order valence-electron chi connectivity index (χ1n) is 10.1. The number of aromatic nitrogens is 4. The number of carbonyl (C=O) groups excluding carboxylic acids is 1. The number of anilines is 1. The van der Waals surface area contributed by atoms with Crippen molar-refractivity contribution in [3.05, 3.63) is 54.4 Å². The second-order valence-electron chi connectivity index (χ2n) is 7.00. The average Bonchev–Trinajstić information content (AvgIpc) is 2.81. The lowest BCUT2D eigenvalue weighted by atomic mass is 10.0. The molecule has 1 aliphatic heterocycles. The normalized spacial score (nSPS) is 14.2. The summed E-state index contributed by atoms with van der Waals surface area (Å²) in [5, 5.41) is 13.1. The van der Waals surface area contributed by atoms with Gasteiger partial charge in [-0.15, -0.1) is 10.2 Å². The van der Waals surface area contributed by atoms with Gasteiger partial charge < -0.3 is 10.1 Å². The Morgan fingerprint density at radius 1 is 1.03 bits per heavy atom. The number of halogens is 2. The summed E-state index contributed by atoms with van der Waals surface area (Å²) >= 11 is 0. The van der Waals surface area contributed by atoms with Crippen molar-refractivity contribution < 1.29 is 18.3 Å². The Morgan fingerprint density at radius 3 is 2.59 bits per heavy atom. The van der Waals surface area contributed by atoms with Crippen molar-refractivity contribution in [2.24, 2.45) is 0 Å². The van der Waals surface area contributed by atoms with Crippen LogP contribution in [0.2, 0.25) is 0 Å². The third-order valence-corrected chi connectivity index (χ3v) is 4.89. The number of amides is 2. The van der Waals surface area contributed by atoms with Crippen LogP contribution in [0.4, 0.5) is 19.5 Å². The van der Waals surface area contributed by atoms with E-state index in [-0.39, 0.29) is 28.5 Å². The molecule has 3 aromatic rings. The summed E-state index contributed by atoms with van der Waals surface area (Å²) in [6, 6.07) is 6.78. The van der Waals surface area contributed by atoms with Gasteiger partial charge in [-0.3, -0.25) is 15.2 Å². The van der Waals surface area contributed by atoms with Gasteiger partial charge in [0.15, 0.2) is 5.82 Å². The van der Waals surface area contributed by atoms with Crippen molar-refractivity contribution in [2.45, 2.75) is 0 Å². The van der Waals surface area contributed by atoms with Gasteiger partial charge in [-0.05, 0) is 18.2 Å². The Labute approximate surface area is 182 Å². The summed E-state index contributed by atoms with van der Waals surface area (Å²) in [6.45, 7) is 4.07. The largest absolute Gasteiger partial charge is 0.379 e. The predicted octanol–water partition coefficient (Wildman–Crippen LogP) is 2.33. The van der Waals surface area contributed by atoms with Crippen molar-refractivity contribution in [3.63, 3.8) is 0 Å². The maximum atomic E-state index is 14.5. The first-order chi connectivity index (χ1) is 15.6. The van der Waals surface area contributed by atoms with E-state index in [1.54, 1.807) is 6.07 Å². The number of morpholine rings is 1. The summed E-state index contributed by atoms with van der Waals surface area (Å²) in [5.74, 6) is -1.35. The maximum absolute atomic E-state index is 14.5. The summed E-state index contributed by atoms with van der Waals surface area (Å²) in [5.41, 5.74) is 0.254. The van der Waals surface area contributed by atoms with Crippen molar-refractivity contribution in [3.8, 4) is 22.5 Å². The fourth-order valence-corrected chi connectivity index (χ4v) is 3.27. The van der Waals surface area contributed by atoms with Crippen molar-refractivity contribution in [2.75, 3.05) is 44.7 Å². The number of rotatable bonds is 6. The molecule has 1 saturated heterocycles. The quantitative estimate of drug-likeness (QED) is 0.605. The summed E-state index contributed by atoms with van der Waals surface area (Å²) in [6.07, 6.45) is 2.41. The molecule has 1 aromatic carbocycles. The Hall–Kier alpha value is -3.57. The SMILES string of the molecule is O=C(NCCN1CCOCC1)Nc1nnc(-c2ccncc2F)c(-c2ccccc2F)n1. The number of ether oxygens (including phenoxy) is 1. The van der Waals surface area contributed by atoms with E-state index >= 15 is 0 Å². The lowest BCUT2D eigenvalue weighted by Crippen LogP contribution is -2.42. The van der Waals surface area contributed by atoms with Crippen LogP contribution >= 0.6 is 0 Å². The van der Waals surface area contributed by atoms with Crippen LogP contribution in [0.5, 0.6) is 0 Å². The zero-order valence-corrected chi connectivity index (χ0v) is 17.1. The highest BCUT2D eigenvalue weighted by Crippen LogP contribution is 2.31. The Morgan fingerprint density at radius 2 is 1.81 bits per heavy atom. The third kappa shape index (κ3) is 5.18. The van der Waals surface area contributed by atoms with Gasteiger partial charge in [0.1, 0.15) is 17.2 Å². The second kappa shape index (κ2) is 10.2. The highest BCUT2D eigenvalue weighted by atomic mass is 19.1. The molecule has 2 N–H and O–H groups in total. The minimum atomic E-state index is -0.650. The molecule has 1 aliphatic rings. The summed E-state index contributed by atoms with van der Waals surface area (Å²) < 4.78 is 34.1. The van der Waals surface area contributed by atoms with E-state index in [4.69, 9.17) is 4.74 Å². The highest BCUT2D eigenvalue weighted by molar-refractivity contribution is 5.88. The molecule has 1 fully saturated rings. The van der Waals surface area contributed by atoms with E-state index in [2.05, 4.69) is 35.7 Å². The van der Waals surface area contributed by atoms with E-state index in [0.717, 1.165) is 19.3 Å². The molecule has 0 radical (unpaired) electrons. The second-order valence-corrected chi connectivity index (χ2v) is 7.00. The van der Waals surface area contributed by atoms with Crippen molar-refractivity contribution in [1.29, 1.82) is 0 Å². The number of benzene rings is 1. The van der Waals surface area contributed by atoms with Gasteiger partial charge in [0.2, 0.25) is 0 Å². The van der Waals surface area contributed by atoms with Crippen LogP contribution in [0, 0.1) is 11.6 Å². The van der Waals surface area contributed by atoms with Crippen LogP contribution in [0.3, 0.4) is 0 Å². The van der Waals surface area contributed by atoms with E-state index < -0.39 is 17.7 Å². The molecule has 2 amide bonds.